The van der Waals surface area contributed by atoms with Gasteiger partial charge in [0.25, 0.3) is 0 Å². The molecule has 1 heterocycles. The van der Waals surface area contributed by atoms with Crippen LogP contribution in [-0.4, -0.2) is 34.5 Å². The van der Waals surface area contributed by atoms with Gasteiger partial charge in [-0.05, 0) is 36.8 Å². The van der Waals surface area contributed by atoms with Crippen LogP contribution in [0.4, 0.5) is 0 Å². The van der Waals surface area contributed by atoms with Crippen LogP contribution in [0, 0.1) is 21.7 Å². The summed E-state index contributed by atoms with van der Waals surface area (Å²) in [5.41, 5.74) is -1.51. The van der Waals surface area contributed by atoms with Gasteiger partial charge in [0.2, 0.25) is 0 Å². The number of hydrogen-bond donors (Lipinski definition) is 1. The largest absolute Gasteiger partial charge is 0.385 e. The fourth-order valence-electron chi connectivity index (χ4n) is 6.17. The Bertz CT molecular complexity index is 749. The molecular formula is C21H28O4. The molecule has 0 radical (unpaired) electrons. The molecule has 4 nitrogen and oxygen atoms in total. The number of allylic oxidation sites excluding steroid dienone is 1. The minimum Gasteiger partial charge on any atom is -0.385 e. The number of carbonyl (C=O) groups is 2. The zero-order valence-corrected chi connectivity index (χ0v) is 15.8. The number of epoxide rings is 1. The summed E-state index contributed by atoms with van der Waals surface area (Å²) in [6, 6.07) is 0. The molecule has 6 atom stereocenters. The van der Waals surface area contributed by atoms with E-state index in [2.05, 4.69) is 20.4 Å². The Morgan fingerprint density at radius 3 is 2.44 bits per heavy atom. The molecule has 1 spiro atoms. The molecular weight excluding hydrogens is 316 g/mol. The molecule has 2 saturated carbocycles. The van der Waals surface area contributed by atoms with Crippen LogP contribution >= 0.6 is 0 Å². The molecule has 0 bridgehead atoms. The highest BCUT2D eigenvalue weighted by Gasteiger charge is 2.78. The topological polar surface area (TPSA) is 66.9 Å². The predicted molar refractivity (Wildman–Crippen MR) is 93.9 cm³/mol. The fraction of sp³-hybridized carbons (Fsp3) is 0.714. The van der Waals surface area contributed by atoms with Crippen molar-refractivity contribution >= 4 is 11.6 Å². The average Bonchev–Trinajstić information content (AvgIpc) is 3.29. The molecule has 0 aromatic heterocycles. The third-order valence-electron chi connectivity index (χ3n) is 8.67. The van der Waals surface area contributed by atoms with Crippen LogP contribution in [0.1, 0.15) is 53.9 Å². The summed E-state index contributed by atoms with van der Waals surface area (Å²) in [7, 11) is 0. The molecule has 0 unspecified atom stereocenters. The third kappa shape index (κ3) is 1.58. The van der Waals surface area contributed by atoms with E-state index < -0.39 is 27.9 Å². The SMILES string of the molecule is C=C[C@@]1(C)C(=O)C=C2[C@]3(C)CC(=O)[C@@H](O)C(C)(C)[C@@]3(C)CC[C@@]23O[C@@H]13. The van der Waals surface area contributed by atoms with Crippen LogP contribution in [0.25, 0.3) is 0 Å². The quantitative estimate of drug-likeness (QED) is 0.586. The zero-order valence-electron chi connectivity index (χ0n) is 15.8. The van der Waals surface area contributed by atoms with E-state index in [-0.39, 0.29) is 29.5 Å². The first-order valence-corrected chi connectivity index (χ1v) is 9.20. The van der Waals surface area contributed by atoms with E-state index in [4.69, 9.17) is 4.74 Å². The second kappa shape index (κ2) is 4.34. The highest BCUT2D eigenvalue weighted by molar-refractivity contribution is 6.00. The molecule has 4 rings (SSSR count). The second-order valence-corrected chi connectivity index (χ2v) is 9.73. The Hall–Kier alpha value is -1.26. The number of carbonyl (C=O) groups excluding carboxylic acids is 2. The Morgan fingerprint density at radius 2 is 1.84 bits per heavy atom. The summed E-state index contributed by atoms with van der Waals surface area (Å²) in [5, 5.41) is 10.6. The number of Topliss-reactive ketones (excluding diaryl/α,β-unsaturated/α-hetero) is 1. The highest BCUT2D eigenvalue weighted by Crippen LogP contribution is 2.74. The lowest BCUT2D eigenvalue weighted by Crippen LogP contribution is -2.65. The van der Waals surface area contributed by atoms with Crippen LogP contribution in [0.2, 0.25) is 0 Å². The van der Waals surface area contributed by atoms with Crippen LogP contribution in [0.3, 0.4) is 0 Å². The maximum Gasteiger partial charge on any atom is 0.168 e. The van der Waals surface area contributed by atoms with E-state index in [0.717, 1.165) is 18.4 Å². The van der Waals surface area contributed by atoms with Crippen molar-refractivity contribution in [2.24, 2.45) is 21.7 Å². The smallest absolute Gasteiger partial charge is 0.168 e. The molecule has 0 aromatic carbocycles. The van der Waals surface area contributed by atoms with Gasteiger partial charge in [-0.15, -0.1) is 6.58 Å². The van der Waals surface area contributed by atoms with Crippen molar-refractivity contribution in [3.05, 3.63) is 24.3 Å². The maximum absolute atomic E-state index is 12.9. The van der Waals surface area contributed by atoms with Crippen molar-refractivity contribution in [3.63, 3.8) is 0 Å². The van der Waals surface area contributed by atoms with Crippen molar-refractivity contribution < 1.29 is 19.4 Å². The molecule has 1 aliphatic heterocycles. The molecule has 1 N–H and O–H groups in total. The Labute approximate surface area is 149 Å². The first kappa shape index (κ1) is 17.2. The fourth-order valence-corrected chi connectivity index (χ4v) is 6.17. The molecule has 1 saturated heterocycles. The second-order valence-electron chi connectivity index (χ2n) is 9.73. The van der Waals surface area contributed by atoms with Crippen LogP contribution in [0.5, 0.6) is 0 Å². The zero-order chi connectivity index (χ0) is 18.6. The predicted octanol–water partition coefficient (Wildman–Crippen LogP) is 2.99. The van der Waals surface area contributed by atoms with Gasteiger partial charge in [-0.1, -0.05) is 33.8 Å². The lowest BCUT2D eigenvalue weighted by molar-refractivity contribution is -0.178. The van der Waals surface area contributed by atoms with Gasteiger partial charge in [-0.25, -0.2) is 0 Å². The maximum atomic E-state index is 12.9. The van der Waals surface area contributed by atoms with E-state index in [0.29, 0.717) is 0 Å². The van der Waals surface area contributed by atoms with Gasteiger partial charge in [-0.2, -0.15) is 0 Å². The van der Waals surface area contributed by atoms with E-state index in [1.165, 1.54) is 0 Å². The normalized spacial score (nSPS) is 53.3. The van der Waals surface area contributed by atoms with Gasteiger partial charge < -0.3 is 9.84 Å². The van der Waals surface area contributed by atoms with Crippen LogP contribution in [0.15, 0.2) is 24.3 Å². The molecule has 136 valence electrons. The van der Waals surface area contributed by atoms with Crippen molar-refractivity contribution in [2.75, 3.05) is 0 Å². The molecule has 25 heavy (non-hydrogen) atoms. The highest BCUT2D eigenvalue weighted by atomic mass is 16.6. The van der Waals surface area contributed by atoms with E-state index in [9.17, 15) is 14.7 Å². The van der Waals surface area contributed by atoms with Crippen LogP contribution < -0.4 is 0 Å². The summed E-state index contributed by atoms with van der Waals surface area (Å²) < 4.78 is 6.20. The lowest BCUT2D eigenvalue weighted by Gasteiger charge is -2.64. The summed E-state index contributed by atoms with van der Waals surface area (Å²) in [5.74, 6) is -0.123. The molecule has 0 aromatic rings. The number of ether oxygens (including phenoxy) is 1. The summed E-state index contributed by atoms with van der Waals surface area (Å²) >= 11 is 0. The van der Waals surface area contributed by atoms with E-state index in [1.807, 2.05) is 20.8 Å². The first-order chi connectivity index (χ1) is 11.4. The van der Waals surface area contributed by atoms with Crippen molar-refractivity contribution in [1.82, 2.24) is 0 Å². The van der Waals surface area contributed by atoms with Gasteiger partial charge in [0.1, 0.15) is 17.8 Å². The average molecular weight is 344 g/mol. The van der Waals surface area contributed by atoms with Gasteiger partial charge in [0.15, 0.2) is 11.6 Å². The van der Waals surface area contributed by atoms with Gasteiger partial charge in [0.05, 0.1) is 5.41 Å². The Balaban J connectivity index is 1.92. The Morgan fingerprint density at radius 1 is 1.20 bits per heavy atom. The number of ketones is 2. The molecule has 4 aliphatic rings. The van der Waals surface area contributed by atoms with Crippen molar-refractivity contribution in [2.45, 2.75) is 71.7 Å². The van der Waals surface area contributed by atoms with Gasteiger partial charge in [0, 0.05) is 17.3 Å². The van der Waals surface area contributed by atoms with E-state index in [1.54, 1.807) is 12.2 Å². The van der Waals surface area contributed by atoms with Gasteiger partial charge >= 0.3 is 0 Å². The van der Waals surface area contributed by atoms with Crippen molar-refractivity contribution in [3.8, 4) is 0 Å². The van der Waals surface area contributed by atoms with Crippen LogP contribution in [-0.2, 0) is 14.3 Å². The summed E-state index contributed by atoms with van der Waals surface area (Å²) in [4.78, 5) is 25.6. The summed E-state index contributed by atoms with van der Waals surface area (Å²) in [6.45, 7) is 14.0. The number of rotatable bonds is 1. The van der Waals surface area contributed by atoms with Crippen molar-refractivity contribution in [1.29, 1.82) is 0 Å². The monoisotopic (exact) mass is 344 g/mol. The number of aliphatic hydroxyl groups excluding tert-OH is 1. The molecule has 0 amide bonds. The number of fused-ring (bicyclic) bond motifs is 2. The third-order valence-corrected chi connectivity index (χ3v) is 8.67. The summed E-state index contributed by atoms with van der Waals surface area (Å²) in [6.07, 6.45) is 4.23. The van der Waals surface area contributed by atoms with Gasteiger partial charge in [-0.3, -0.25) is 9.59 Å². The standard InChI is InChI=1S/C21H28O4/c1-7-18(4)14(23)10-13-19(5)11-12(22)15(24)17(2,3)20(19,6)8-9-21(13)16(18)25-21/h7,10,15-16,24H,1,8-9,11H2,2-6H3/t15-,16+,18+,19+,20-,21-/m1/s1. The molecule has 4 heteroatoms. The van der Waals surface area contributed by atoms with E-state index >= 15 is 0 Å². The Kier molecular flexibility index (Phi) is 2.98. The number of hydrogen-bond acceptors (Lipinski definition) is 4. The lowest BCUT2D eigenvalue weighted by atomic mass is 9.38. The molecule has 3 aliphatic carbocycles. The minimum absolute atomic E-state index is 0.0116. The minimum atomic E-state index is -0.964. The molecule has 3 fully saturated rings. The number of aliphatic hydroxyl groups is 1. The first-order valence-electron chi connectivity index (χ1n) is 9.20.